The summed E-state index contributed by atoms with van der Waals surface area (Å²) in [6, 6.07) is 4.35. The molecule has 1 saturated heterocycles. The number of hydrogen-bond donors (Lipinski definition) is 1. The van der Waals surface area contributed by atoms with E-state index in [9.17, 15) is 8.42 Å². The molecule has 2 rings (SSSR count). The third-order valence-corrected chi connectivity index (χ3v) is 5.84. The van der Waals surface area contributed by atoms with Crippen LogP contribution in [0.25, 0.3) is 0 Å². The predicted octanol–water partition coefficient (Wildman–Crippen LogP) is 2.13. The standard InChI is InChI=1S/C14H24N2O3S/c1-3-11-20(17,18)16-8-6-13(7-9-16)15-12(2)14-5-4-10-19-14/h4-5,10,12-13,15H,3,6-9,11H2,1-2H3. The molecule has 0 aliphatic carbocycles. The molecular formula is C14H24N2O3S. The average Bonchev–Trinajstić information content (AvgIpc) is 2.93. The second kappa shape index (κ2) is 6.74. The molecule has 1 fully saturated rings. The van der Waals surface area contributed by atoms with E-state index in [2.05, 4.69) is 12.2 Å². The van der Waals surface area contributed by atoms with Gasteiger partial charge in [-0.15, -0.1) is 0 Å². The number of nitrogens with zero attached hydrogens (tertiary/aromatic N) is 1. The molecule has 0 bridgehead atoms. The highest BCUT2D eigenvalue weighted by Crippen LogP contribution is 2.19. The van der Waals surface area contributed by atoms with Crippen molar-refractivity contribution in [1.82, 2.24) is 9.62 Å². The maximum Gasteiger partial charge on any atom is 0.214 e. The number of rotatable bonds is 6. The maximum absolute atomic E-state index is 12.0. The van der Waals surface area contributed by atoms with Crippen molar-refractivity contribution in [2.24, 2.45) is 0 Å². The van der Waals surface area contributed by atoms with Gasteiger partial charge < -0.3 is 9.73 Å². The van der Waals surface area contributed by atoms with Gasteiger partial charge in [0.25, 0.3) is 0 Å². The van der Waals surface area contributed by atoms with E-state index in [0.29, 0.717) is 25.6 Å². The fraction of sp³-hybridized carbons (Fsp3) is 0.714. The van der Waals surface area contributed by atoms with Gasteiger partial charge in [-0.3, -0.25) is 0 Å². The number of hydrogen-bond acceptors (Lipinski definition) is 4. The predicted molar refractivity (Wildman–Crippen MR) is 78.9 cm³/mol. The zero-order chi connectivity index (χ0) is 14.6. The molecule has 1 N–H and O–H groups in total. The average molecular weight is 300 g/mol. The van der Waals surface area contributed by atoms with Crippen molar-refractivity contribution in [1.29, 1.82) is 0 Å². The van der Waals surface area contributed by atoms with Gasteiger partial charge in [0.1, 0.15) is 5.76 Å². The van der Waals surface area contributed by atoms with Gasteiger partial charge >= 0.3 is 0 Å². The first-order chi connectivity index (χ1) is 9.53. The Kier molecular flexibility index (Phi) is 5.23. The van der Waals surface area contributed by atoms with E-state index in [0.717, 1.165) is 18.6 Å². The largest absolute Gasteiger partial charge is 0.468 e. The van der Waals surface area contributed by atoms with E-state index in [-0.39, 0.29) is 11.8 Å². The Balaban J connectivity index is 1.83. The van der Waals surface area contributed by atoms with Gasteiger partial charge in [-0.05, 0) is 38.3 Å². The summed E-state index contributed by atoms with van der Waals surface area (Å²) in [4.78, 5) is 0. The van der Waals surface area contributed by atoms with Crippen LogP contribution in [0.3, 0.4) is 0 Å². The van der Waals surface area contributed by atoms with E-state index in [4.69, 9.17) is 4.42 Å². The molecule has 0 amide bonds. The highest BCUT2D eigenvalue weighted by Gasteiger charge is 2.28. The van der Waals surface area contributed by atoms with Crippen molar-refractivity contribution in [2.45, 2.75) is 45.2 Å². The molecule has 0 spiro atoms. The third-order valence-electron chi connectivity index (χ3n) is 3.77. The topological polar surface area (TPSA) is 62.6 Å². The summed E-state index contributed by atoms with van der Waals surface area (Å²) in [5.74, 6) is 1.18. The van der Waals surface area contributed by atoms with Gasteiger partial charge in [-0.1, -0.05) is 6.92 Å². The lowest BCUT2D eigenvalue weighted by molar-refractivity contribution is 0.268. The molecule has 1 aromatic rings. The molecule has 0 saturated carbocycles. The molecule has 114 valence electrons. The second-order valence-corrected chi connectivity index (χ2v) is 7.48. The number of piperidine rings is 1. The van der Waals surface area contributed by atoms with Crippen LogP contribution in [-0.2, 0) is 10.0 Å². The highest BCUT2D eigenvalue weighted by molar-refractivity contribution is 7.89. The Hall–Kier alpha value is -0.850. The molecule has 1 aromatic heterocycles. The minimum atomic E-state index is -3.04. The smallest absolute Gasteiger partial charge is 0.214 e. The van der Waals surface area contributed by atoms with Gasteiger partial charge in [0.2, 0.25) is 10.0 Å². The van der Waals surface area contributed by atoms with Gasteiger partial charge in [0.05, 0.1) is 18.1 Å². The summed E-state index contributed by atoms with van der Waals surface area (Å²) in [5.41, 5.74) is 0. The van der Waals surface area contributed by atoms with Gasteiger partial charge in [-0.2, -0.15) is 0 Å². The fourth-order valence-corrected chi connectivity index (χ4v) is 4.20. The van der Waals surface area contributed by atoms with Gasteiger partial charge in [0.15, 0.2) is 0 Å². The number of furan rings is 1. The summed E-state index contributed by atoms with van der Waals surface area (Å²) in [6.07, 6.45) is 4.06. The van der Waals surface area contributed by atoms with Crippen LogP contribution in [0, 0.1) is 0 Å². The SMILES string of the molecule is CCCS(=O)(=O)N1CCC(NC(C)c2ccco2)CC1. The van der Waals surface area contributed by atoms with Crippen LogP contribution < -0.4 is 5.32 Å². The zero-order valence-electron chi connectivity index (χ0n) is 12.2. The van der Waals surface area contributed by atoms with Gasteiger partial charge in [0, 0.05) is 19.1 Å². The molecule has 1 aliphatic rings. The number of nitrogens with one attached hydrogen (secondary N) is 1. The molecule has 0 radical (unpaired) electrons. The van der Waals surface area contributed by atoms with Crippen LogP contribution in [0.2, 0.25) is 0 Å². The molecule has 20 heavy (non-hydrogen) atoms. The van der Waals surface area contributed by atoms with Crippen molar-refractivity contribution >= 4 is 10.0 Å². The van der Waals surface area contributed by atoms with E-state index in [1.54, 1.807) is 10.6 Å². The molecule has 2 heterocycles. The summed E-state index contributed by atoms with van der Waals surface area (Å²) < 4.78 is 31.0. The Morgan fingerprint density at radius 1 is 1.45 bits per heavy atom. The van der Waals surface area contributed by atoms with Crippen molar-refractivity contribution in [2.75, 3.05) is 18.8 Å². The first-order valence-corrected chi connectivity index (χ1v) is 8.91. The van der Waals surface area contributed by atoms with E-state index >= 15 is 0 Å². The number of sulfonamides is 1. The van der Waals surface area contributed by atoms with Crippen LogP contribution in [0.15, 0.2) is 22.8 Å². The molecule has 5 nitrogen and oxygen atoms in total. The fourth-order valence-electron chi connectivity index (χ4n) is 2.66. The molecule has 1 atom stereocenters. The van der Waals surface area contributed by atoms with E-state index in [1.807, 2.05) is 19.1 Å². The summed E-state index contributed by atoms with van der Waals surface area (Å²) in [6.45, 7) is 5.20. The minimum absolute atomic E-state index is 0.161. The van der Waals surface area contributed by atoms with E-state index < -0.39 is 10.0 Å². The zero-order valence-corrected chi connectivity index (χ0v) is 13.0. The molecular weight excluding hydrogens is 276 g/mol. The van der Waals surface area contributed by atoms with Crippen molar-refractivity contribution in [3.8, 4) is 0 Å². The van der Waals surface area contributed by atoms with Crippen molar-refractivity contribution in [3.05, 3.63) is 24.2 Å². The summed E-state index contributed by atoms with van der Waals surface area (Å²) in [5, 5.41) is 3.51. The molecule has 0 aromatic carbocycles. The first kappa shape index (κ1) is 15.5. The Morgan fingerprint density at radius 2 is 2.15 bits per heavy atom. The highest BCUT2D eigenvalue weighted by atomic mass is 32.2. The first-order valence-electron chi connectivity index (χ1n) is 7.30. The molecule has 1 aliphatic heterocycles. The Labute approximate surface area is 121 Å². The lowest BCUT2D eigenvalue weighted by Gasteiger charge is -2.32. The van der Waals surface area contributed by atoms with Crippen LogP contribution in [0.5, 0.6) is 0 Å². The van der Waals surface area contributed by atoms with Crippen molar-refractivity contribution < 1.29 is 12.8 Å². The monoisotopic (exact) mass is 300 g/mol. The van der Waals surface area contributed by atoms with Gasteiger partial charge in [-0.25, -0.2) is 12.7 Å². The van der Waals surface area contributed by atoms with Crippen LogP contribution in [0.4, 0.5) is 0 Å². The normalized spacial score (nSPS) is 20.1. The Bertz CT molecular complexity index is 490. The van der Waals surface area contributed by atoms with Crippen LogP contribution >= 0.6 is 0 Å². The van der Waals surface area contributed by atoms with Crippen molar-refractivity contribution in [3.63, 3.8) is 0 Å². The second-order valence-electron chi connectivity index (χ2n) is 5.39. The lowest BCUT2D eigenvalue weighted by atomic mass is 10.1. The maximum atomic E-state index is 12.0. The minimum Gasteiger partial charge on any atom is -0.468 e. The lowest BCUT2D eigenvalue weighted by Crippen LogP contribution is -2.46. The summed E-state index contributed by atoms with van der Waals surface area (Å²) in [7, 11) is -3.04. The summed E-state index contributed by atoms with van der Waals surface area (Å²) >= 11 is 0. The quantitative estimate of drug-likeness (QED) is 0.874. The van der Waals surface area contributed by atoms with Crippen LogP contribution in [-0.4, -0.2) is 37.6 Å². The Morgan fingerprint density at radius 3 is 2.70 bits per heavy atom. The molecule has 6 heteroatoms. The third kappa shape index (κ3) is 3.84. The molecule has 1 unspecified atom stereocenters. The van der Waals surface area contributed by atoms with Crippen LogP contribution in [0.1, 0.15) is 44.9 Å². The van der Waals surface area contributed by atoms with E-state index in [1.165, 1.54) is 0 Å².